The van der Waals surface area contributed by atoms with Crippen LogP contribution in [-0.2, 0) is 0 Å². The third-order valence-electron chi connectivity index (χ3n) is 5.53. The minimum absolute atomic E-state index is 0.540. The second-order valence-corrected chi connectivity index (χ2v) is 7.58. The molecule has 1 aliphatic heterocycles. The van der Waals surface area contributed by atoms with E-state index in [2.05, 4.69) is 41.1 Å². The first-order chi connectivity index (χ1) is 15.2. The molecule has 8 heteroatoms. The lowest BCUT2D eigenvalue weighted by molar-refractivity contribution is 0.642. The van der Waals surface area contributed by atoms with Gasteiger partial charge in [-0.05, 0) is 31.2 Å². The van der Waals surface area contributed by atoms with Gasteiger partial charge < -0.3 is 20.9 Å². The van der Waals surface area contributed by atoms with Gasteiger partial charge in [0.25, 0.3) is 0 Å². The Morgan fingerprint density at radius 3 is 2.52 bits per heavy atom. The van der Waals surface area contributed by atoms with Crippen LogP contribution < -0.4 is 20.9 Å². The van der Waals surface area contributed by atoms with Crippen LogP contribution in [0.4, 0.5) is 28.8 Å². The lowest BCUT2D eigenvalue weighted by Gasteiger charge is -2.36. The number of nitrogens with two attached hydrogens (primary N) is 1. The van der Waals surface area contributed by atoms with Gasteiger partial charge in [-0.25, -0.2) is 15.0 Å². The SMILES string of the molecule is Cc1ccc2cccc(Nc3ncnc(N4CCN(c5ccccn5)CC4)c3N)c2n1. The molecule has 0 unspecified atom stereocenters. The minimum atomic E-state index is 0.540. The first-order valence-corrected chi connectivity index (χ1v) is 10.3. The first-order valence-electron chi connectivity index (χ1n) is 10.3. The standard InChI is InChI=1S/C23H24N8/c1-16-8-9-17-5-4-6-18(21(17)28-16)29-22-20(24)23(27-15-26-22)31-13-11-30(12-14-31)19-7-2-3-10-25-19/h2-10,15H,11-14,24H2,1H3,(H,26,27,29). The van der Waals surface area contributed by atoms with E-state index in [0.29, 0.717) is 11.5 Å². The molecule has 1 aliphatic rings. The molecule has 0 aliphatic carbocycles. The Kier molecular flexibility index (Phi) is 4.95. The molecule has 8 nitrogen and oxygen atoms in total. The summed E-state index contributed by atoms with van der Waals surface area (Å²) in [5.41, 5.74) is 9.78. The molecular formula is C23H24N8. The molecule has 3 N–H and O–H groups in total. The van der Waals surface area contributed by atoms with E-state index in [1.807, 2.05) is 55.6 Å². The number of piperazine rings is 1. The Labute approximate surface area is 180 Å². The van der Waals surface area contributed by atoms with Gasteiger partial charge >= 0.3 is 0 Å². The average Bonchev–Trinajstić information content (AvgIpc) is 2.81. The van der Waals surface area contributed by atoms with E-state index in [0.717, 1.165) is 60.1 Å². The van der Waals surface area contributed by atoms with Crippen molar-refractivity contribution in [3.05, 3.63) is 66.7 Å². The molecule has 0 spiro atoms. The topological polar surface area (TPSA) is 96.1 Å². The number of hydrogen-bond acceptors (Lipinski definition) is 8. The molecule has 0 radical (unpaired) electrons. The van der Waals surface area contributed by atoms with E-state index < -0.39 is 0 Å². The highest BCUT2D eigenvalue weighted by Crippen LogP contribution is 2.31. The van der Waals surface area contributed by atoms with Crippen molar-refractivity contribution in [2.75, 3.05) is 47.0 Å². The normalized spacial score (nSPS) is 14.1. The van der Waals surface area contributed by atoms with E-state index in [4.69, 9.17) is 5.73 Å². The maximum absolute atomic E-state index is 6.51. The lowest BCUT2D eigenvalue weighted by Crippen LogP contribution is -2.47. The molecule has 5 rings (SSSR count). The summed E-state index contributed by atoms with van der Waals surface area (Å²) >= 11 is 0. The maximum atomic E-state index is 6.51. The van der Waals surface area contributed by atoms with Crippen molar-refractivity contribution < 1.29 is 0 Å². The van der Waals surface area contributed by atoms with Crippen LogP contribution in [-0.4, -0.2) is 46.1 Å². The second kappa shape index (κ2) is 8.06. The number of nitrogens with one attached hydrogen (secondary N) is 1. The molecule has 4 aromatic rings. The van der Waals surface area contributed by atoms with Gasteiger partial charge in [-0.15, -0.1) is 0 Å². The number of aryl methyl sites for hydroxylation is 1. The third-order valence-corrected chi connectivity index (χ3v) is 5.53. The highest BCUT2D eigenvalue weighted by molar-refractivity contribution is 5.93. The highest BCUT2D eigenvalue weighted by Gasteiger charge is 2.22. The summed E-state index contributed by atoms with van der Waals surface area (Å²) in [6.45, 7) is 5.32. The Morgan fingerprint density at radius 1 is 0.871 bits per heavy atom. The van der Waals surface area contributed by atoms with Gasteiger partial charge in [0.15, 0.2) is 11.6 Å². The average molecular weight is 413 g/mol. The zero-order chi connectivity index (χ0) is 21.2. The van der Waals surface area contributed by atoms with Crippen LogP contribution in [0, 0.1) is 6.92 Å². The maximum Gasteiger partial charge on any atom is 0.159 e. The number of pyridine rings is 2. The number of fused-ring (bicyclic) bond motifs is 1. The van der Waals surface area contributed by atoms with E-state index >= 15 is 0 Å². The Morgan fingerprint density at radius 2 is 1.71 bits per heavy atom. The first kappa shape index (κ1) is 19.0. The Bertz CT molecular complexity index is 1200. The van der Waals surface area contributed by atoms with Crippen LogP contribution in [0.2, 0.25) is 0 Å². The van der Waals surface area contributed by atoms with Gasteiger partial charge in [0.2, 0.25) is 0 Å². The fourth-order valence-electron chi connectivity index (χ4n) is 3.90. The quantitative estimate of drug-likeness (QED) is 0.527. The molecule has 1 saturated heterocycles. The largest absolute Gasteiger partial charge is 0.393 e. The summed E-state index contributed by atoms with van der Waals surface area (Å²) in [5, 5.41) is 4.43. The van der Waals surface area contributed by atoms with Crippen LogP contribution in [0.3, 0.4) is 0 Å². The van der Waals surface area contributed by atoms with Crippen molar-refractivity contribution in [2.45, 2.75) is 6.92 Å². The predicted molar refractivity (Wildman–Crippen MR) is 125 cm³/mol. The van der Waals surface area contributed by atoms with Gasteiger partial charge in [-0.3, -0.25) is 4.98 Å². The number of hydrogen-bond donors (Lipinski definition) is 2. The number of nitrogen functional groups attached to an aromatic ring is 1. The smallest absolute Gasteiger partial charge is 0.159 e. The van der Waals surface area contributed by atoms with Crippen LogP contribution >= 0.6 is 0 Å². The van der Waals surface area contributed by atoms with E-state index in [1.54, 1.807) is 6.33 Å². The number of benzene rings is 1. The minimum Gasteiger partial charge on any atom is -0.393 e. The van der Waals surface area contributed by atoms with Gasteiger partial charge in [0.05, 0.1) is 11.2 Å². The Hall–Kier alpha value is -3.94. The van der Waals surface area contributed by atoms with E-state index in [1.165, 1.54) is 0 Å². The number of anilines is 5. The summed E-state index contributed by atoms with van der Waals surface area (Å²) in [4.78, 5) is 22.5. The van der Waals surface area contributed by atoms with Crippen molar-refractivity contribution in [2.24, 2.45) is 0 Å². The van der Waals surface area contributed by atoms with Crippen LogP contribution in [0.5, 0.6) is 0 Å². The molecule has 0 bridgehead atoms. The van der Waals surface area contributed by atoms with Crippen molar-refractivity contribution >= 4 is 39.7 Å². The number of rotatable bonds is 4. The predicted octanol–water partition coefficient (Wildman–Crippen LogP) is 3.38. The van der Waals surface area contributed by atoms with Crippen molar-refractivity contribution in [1.82, 2.24) is 19.9 Å². The van der Waals surface area contributed by atoms with Crippen molar-refractivity contribution in [3.63, 3.8) is 0 Å². The monoisotopic (exact) mass is 412 g/mol. The molecule has 156 valence electrons. The van der Waals surface area contributed by atoms with E-state index in [9.17, 15) is 0 Å². The van der Waals surface area contributed by atoms with Crippen molar-refractivity contribution in [1.29, 1.82) is 0 Å². The zero-order valence-electron chi connectivity index (χ0n) is 17.4. The molecule has 0 atom stereocenters. The summed E-state index contributed by atoms with van der Waals surface area (Å²) in [7, 11) is 0. The lowest BCUT2D eigenvalue weighted by atomic mass is 10.1. The summed E-state index contributed by atoms with van der Waals surface area (Å²) in [5.74, 6) is 2.34. The summed E-state index contributed by atoms with van der Waals surface area (Å²) < 4.78 is 0. The molecule has 1 aromatic carbocycles. The third kappa shape index (κ3) is 3.79. The highest BCUT2D eigenvalue weighted by atomic mass is 15.3. The van der Waals surface area contributed by atoms with Crippen LogP contribution in [0.25, 0.3) is 10.9 Å². The molecule has 0 saturated carbocycles. The van der Waals surface area contributed by atoms with Gasteiger partial charge in [-0.1, -0.05) is 24.3 Å². The number of nitrogens with zero attached hydrogens (tertiary/aromatic N) is 6. The number of aromatic nitrogens is 4. The van der Waals surface area contributed by atoms with Crippen LogP contribution in [0.15, 0.2) is 61.1 Å². The summed E-state index contributed by atoms with van der Waals surface area (Å²) in [6, 6.07) is 16.1. The van der Waals surface area contributed by atoms with Gasteiger partial charge in [-0.2, -0.15) is 0 Å². The molecule has 0 amide bonds. The molecule has 1 fully saturated rings. The molecule has 31 heavy (non-hydrogen) atoms. The van der Waals surface area contributed by atoms with Gasteiger partial charge in [0, 0.05) is 43.5 Å². The number of para-hydroxylation sites is 1. The Balaban J connectivity index is 1.37. The van der Waals surface area contributed by atoms with Gasteiger partial charge in [0.1, 0.15) is 17.8 Å². The molecule has 3 aromatic heterocycles. The van der Waals surface area contributed by atoms with Crippen LogP contribution in [0.1, 0.15) is 5.69 Å². The van der Waals surface area contributed by atoms with E-state index in [-0.39, 0.29) is 0 Å². The molecular weight excluding hydrogens is 388 g/mol. The fourth-order valence-corrected chi connectivity index (χ4v) is 3.90. The fraction of sp³-hybridized carbons (Fsp3) is 0.217. The summed E-state index contributed by atoms with van der Waals surface area (Å²) in [6.07, 6.45) is 3.38. The van der Waals surface area contributed by atoms with Crippen molar-refractivity contribution in [3.8, 4) is 0 Å². The zero-order valence-corrected chi connectivity index (χ0v) is 17.4. The second-order valence-electron chi connectivity index (χ2n) is 7.58. The molecule has 4 heterocycles.